The molecule has 0 fully saturated rings. The Morgan fingerprint density at radius 1 is 1.41 bits per heavy atom. The van der Waals surface area contributed by atoms with E-state index in [1.54, 1.807) is 0 Å². The molecule has 0 spiro atoms. The molecule has 1 aromatic carbocycles. The molecule has 1 aromatic heterocycles. The van der Waals surface area contributed by atoms with E-state index < -0.39 is 0 Å². The van der Waals surface area contributed by atoms with E-state index in [1.165, 1.54) is 12.7 Å². The van der Waals surface area contributed by atoms with Crippen molar-refractivity contribution in [2.24, 2.45) is 0 Å². The van der Waals surface area contributed by atoms with E-state index in [0.717, 1.165) is 35.7 Å². The van der Waals surface area contributed by atoms with E-state index >= 15 is 0 Å². The summed E-state index contributed by atoms with van der Waals surface area (Å²) < 4.78 is 4.80. The van der Waals surface area contributed by atoms with Crippen LogP contribution in [-0.2, 0) is 17.6 Å². The molecule has 0 aliphatic heterocycles. The predicted molar refractivity (Wildman–Crippen MR) is 66.7 cm³/mol. The topological polar surface area (TPSA) is 42.1 Å². The van der Waals surface area contributed by atoms with E-state index in [0.29, 0.717) is 10.7 Å². The molecule has 0 atom stereocenters. The number of halogens is 1. The highest BCUT2D eigenvalue weighted by atomic mass is 35.5. The maximum Gasteiger partial charge on any atom is 0.354 e. The Labute approximate surface area is 104 Å². The van der Waals surface area contributed by atoms with Gasteiger partial charge in [0, 0.05) is 15.9 Å². The van der Waals surface area contributed by atoms with Crippen LogP contribution in [-0.4, -0.2) is 18.1 Å². The van der Waals surface area contributed by atoms with Crippen LogP contribution in [0.4, 0.5) is 0 Å². The standard InChI is InChI=1S/C13H12ClNO2/c1-17-13(16)12-9-4-2-3-7-5-8(14)6-10(15-12)11(7)9/h5-6,15H,2-4H2,1H3. The number of aryl methyl sites for hydroxylation is 2. The van der Waals surface area contributed by atoms with Crippen molar-refractivity contribution in [2.75, 3.05) is 7.11 Å². The van der Waals surface area contributed by atoms with Gasteiger partial charge in [0.25, 0.3) is 0 Å². The van der Waals surface area contributed by atoms with Crippen molar-refractivity contribution >= 4 is 28.5 Å². The van der Waals surface area contributed by atoms with Crippen LogP contribution in [0.1, 0.15) is 28.0 Å². The van der Waals surface area contributed by atoms with Crippen molar-refractivity contribution in [3.63, 3.8) is 0 Å². The third-order valence-electron chi connectivity index (χ3n) is 3.31. The van der Waals surface area contributed by atoms with Gasteiger partial charge in [-0.2, -0.15) is 0 Å². The SMILES string of the molecule is COC(=O)c1[nH]c2cc(Cl)cc3c2c1CCC3. The Balaban J connectivity index is 2.35. The Hall–Kier alpha value is -1.48. The highest BCUT2D eigenvalue weighted by Crippen LogP contribution is 2.34. The minimum Gasteiger partial charge on any atom is -0.464 e. The maximum atomic E-state index is 11.7. The minimum absolute atomic E-state index is 0.305. The summed E-state index contributed by atoms with van der Waals surface area (Å²) in [6.45, 7) is 0. The quantitative estimate of drug-likeness (QED) is 0.789. The lowest BCUT2D eigenvalue weighted by Gasteiger charge is -2.13. The molecule has 4 heteroatoms. The summed E-state index contributed by atoms with van der Waals surface area (Å²) in [5, 5.41) is 1.86. The second-order valence-electron chi connectivity index (χ2n) is 4.31. The van der Waals surface area contributed by atoms with Crippen molar-refractivity contribution in [1.29, 1.82) is 0 Å². The molecule has 0 amide bonds. The number of aromatic amines is 1. The Bertz CT molecular complexity index is 615. The first-order chi connectivity index (χ1) is 8.20. The fourth-order valence-corrected chi connectivity index (χ4v) is 2.87. The van der Waals surface area contributed by atoms with Crippen molar-refractivity contribution in [1.82, 2.24) is 4.98 Å². The number of rotatable bonds is 1. The van der Waals surface area contributed by atoms with E-state index in [2.05, 4.69) is 4.98 Å². The molecule has 1 N–H and O–H groups in total. The van der Waals surface area contributed by atoms with Gasteiger partial charge in [-0.25, -0.2) is 4.79 Å². The zero-order chi connectivity index (χ0) is 12.0. The molecule has 1 aliphatic carbocycles. The Morgan fingerprint density at radius 3 is 3.00 bits per heavy atom. The molecule has 0 bridgehead atoms. The summed E-state index contributed by atoms with van der Waals surface area (Å²) in [7, 11) is 1.40. The summed E-state index contributed by atoms with van der Waals surface area (Å²) in [5.41, 5.74) is 3.80. The number of esters is 1. The molecule has 0 radical (unpaired) electrons. The van der Waals surface area contributed by atoms with E-state index in [1.807, 2.05) is 12.1 Å². The largest absolute Gasteiger partial charge is 0.464 e. The van der Waals surface area contributed by atoms with Crippen molar-refractivity contribution in [3.05, 3.63) is 34.0 Å². The van der Waals surface area contributed by atoms with Crippen molar-refractivity contribution < 1.29 is 9.53 Å². The molecular weight excluding hydrogens is 238 g/mol. The average molecular weight is 250 g/mol. The van der Waals surface area contributed by atoms with Gasteiger partial charge in [0.2, 0.25) is 0 Å². The minimum atomic E-state index is -0.305. The molecule has 88 valence electrons. The second-order valence-corrected chi connectivity index (χ2v) is 4.75. The molecule has 1 aliphatic rings. The van der Waals surface area contributed by atoms with Gasteiger partial charge in [-0.05, 0) is 42.5 Å². The summed E-state index contributed by atoms with van der Waals surface area (Å²) >= 11 is 6.07. The van der Waals surface area contributed by atoms with Gasteiger partial charge in [0.1, 0.15) is 5.69 Å². The lowest BCUT2D eigenvalue weighted by atomic mass is 9.91. The van der Waals surface area contributed by atoms with Gasteiger partial charge >= 0.3 is 5.97 Å². The van der Waals surface area contributed by atoms with Crippen LogP contribution in [0.3, 0.4) is 0 Å². The maximum absolute atomic E-state index is 11.7. The molecule has 2 aromatic rings. The summed E-state index contributed by atoms with van der Waals surface area (Å²) in [4.78, 5) is 14.8. The number of benzene rings is 1. The van der Waals surface area contributed by atoms with Crippen LogP contribution < -0.4 is 0 Å². The molecule has 0 saturated heterocycles. The smallest absolute Gasteiger partial charge is 0.354 e. The third kappa shape index (κ3) is 1.53. The van der Waals surface area contributed by atoms with Crippen LogP contribution in [0.25, 0.3) is 10.9 Å². The fraction of sp³-hybridized carbons (Fsp3) is 0.308. The number of H-pyrrole nitrogens is 1. The van der Waals surface area contributed by atoms with Crippen LogP contribution in [0, 0.1) is 0 Å². The van der Waals surface area contributed by atoms with Gasteiger partial charge in [0.05, 0.1) is 7.11 Å². The number of hydrogen-bond donors (Lipinski definition) is 1. The predicted octanol–water partition coefficient (Wildman–Crippen LogP) is 3.10. The van der Waals surface area contributed by atoms with Crippen LogP contribution in [0.5, 0.6) is 0 Å². The Kier molecular flexibility index (Phi) is 2.37. The van der Waals surface area contributed by atoms with E-state index in [9.17, 15) is 4.79 Å². The van der Waals surface area contributed by atoms with E-state index in [4.69, 9.17) is 16.3 Å². The third-order valence-corrected chi connectivity index (χ3v) is 3.53. The Morgan fingerprint density at radius 2 is 2.24 bits per heavy atom. The van der Waals surface area contributed by atoms with Crippen molar-refractivity contribution in [3.8, 4) is 0 Å². The number of carbonyl (C=O) groups excluding carboxylic acids is 1. The van der Waals surface area contributed by atoms with Gasteiger partial charge in [-0.3, -0.25) is 0 Å². The monoisotopic (exact) mass is 249 g/mol. The normalized spacial score (nSPS) is 14.0. The first-order valence-electron chi connectivity index (χ1n) is 5.62. The molecule has 0 unspecified atom stereocenters. The van der Waals surface area contributed by atoms with Gasteiger partial charge in [-0.15, -0.1) is 0 Å². The number of ether oxygens (including phenoxy) is 1. The van der Waals surface area contributed by atoms with Gasteiger partial charge in [0.15, 0.2) is 0 Å². The average Bonchev–Trinajstić information content (AvgIpc) is 2.69. The van der Waals surface area contributed by atoms with Gasteiger partial charge in [-0.1, -0.05) is 11.6 Å². The number of hydrogen-bond acceptors (Lipinski definition) is 2. The molecule has 1 heterocycles. The first-order valence-corrected chi connectivity index (χ1v) is 6.00. The molecule has 17 heavy (non-hydrogen) atoms. The number of methoxy groups -OCH3 is 1. The molecular formula is C13H12ClNO2. The molecule has 3 rings (SSSR count). The molecule has 0 saturated carbocycles. The van der Waals surface area contributed by atoms with Crippen LogP contribution in [0.2, 0.25) is 5.02 Å². The summed E-state index contributed by atoms with van der Waals surface area (Å²) in [5.74, 6) is -0.305. The molecule has 3 nitrogen and oxygen atoms in total. The van der Waals surface area contributed by atoms with Crippen molar-refractivity contribution in [2.45, 2.75) is 19.3 Å². The van der Waals surface area contributed by atoms with Crippen LogP contribution in [0.15, 0.2) is 12.1 Å². The first kappa shape index (κ1) is 10.7. The number of carbonyl (C=O) groups is 1. The van der Waals surface area contributed by atoms with E-state index in [-0.39, 0.29) is 5.97 Å². The highest BCUT2D eigenvalue weighted by Gasteiger charge is 2.23. The van der Waals surface area contributed by atoms with Crippen LogP contribution >= 0.6 is 11.6 Å². The second kappa shape index (κ2) is 3.77. The lowest BCUT2D eigenvalue weighted by molar-refractivity contribution is 0.0594. The zero-order valence-corrected chi connectivity index (χ0v) is 10.2. The lowest BCUT2D eigenvalue weighted by Crippen LogP contribution is -2.07. The zero-order valence-electron chi connectivity index (χ0n) is 9.47. The highest BCUT2D eigenvalue weighted by molar-refractivity contribution is 6.31. The number of nitrogens with one attached hydrogen (secondary N) is 1. The fourth-order valence-electron chi connectivity index (χ4n) is 2.63. The summed E-state index contributed by atoms with van der Waals surface area (Å²) in [6.07, 6.45) is 2.98. The summed E-state index contributed by atoms with van der Waals surface area (Å²) in [6, 6.07) is 3.85. The number of aromatic nitrogens is 1. The van der Waals surface area contributed by atoms with Gasteiger partial charge < -0.3 is 9.72 Å².